The van der Waals surface area contributed by atoms with E-state index < -0.39 is 18.5 Å². The van der Waals surface area contributed by atoms with Crippen LogP contribution in [0.25, 0.3) is 11.0 Å². The predicted octanol–water partition coefficient (Wildman–Crippen LogP) is 4.35. The van der Waals surface area contributed by atoms with Gasteiger partial charge in [0.25, 0.3) is 11.8 Å². The van der Waals surface area contributed by atoms with Gasteiger partial charge in [-0.05, 0) is 69.5 Å². The van der Waals surface area contributed by atoms with Crippen LogP contribution in [0.1, 0.15) is 48.4 Å². The summed E-state index contributed by atoms with van der Waals surface area (Å²) in [5.74, 6) is 0.320. The van der Waals surface area contributed by atoms with E-state index in [9.17, 15) is 14.4 Å². The molecule has 0 bridgehead atoms. The molecule has 1 heterocycles. The Hall–Kier alpha value is -3.81. The number of carbonyl (C=O) groups excluding carboxylic acids is 3. The molecule has 2 aromatic carbocycles. The van der Waals surface area contributed by atoms with E-state index in [0.29, 0.717) is 30.1 Å². The fourth-order valence-corrected chi connectivity index (χ4v) is 4.28. The third kappa shape index (κ3) is 5.82. The highest BCUT2D eigenvalue weighted by Gasteiger charge is 2.18. The van der Waals surface area contributed by atoms with Crippen LogP contribution in [-0.4, -0.2) is 49.0 Å². The maximum atomic E-state index is 12.5. The lowest BCUT2D eigenvalue weighted by Crippen LogP contribution is -2.30. The third-order valence-electron chi connectivity index (χ3n) is 6.09. The number of anilines is 1. The zero-order valence-electron chi connectivity index (χ0n) is 20.1. The van der Waals surface area contributed by atoms with Gasteiger partial charge in [0.2, 0.25) is 0 Å². The molecule has 0 spiro atoms. The van der Waals surface area contributed by atoms with Crippen LogP contribution in [0.3, 0.4) is 0 Å². The second kappa shape index (κ2) is 11.1. The number of hydrogen-bond donors (Lipinski definition) is 1. The Morgan fingerprint density at radius 1 is 1.00 bits per heavy atom. The second-order valence-corrected chi connectivity index (χ2v) is 8.42. The number of hydrogen-bond acceptors (Lipinski definition) is 6. The van der Waals surface area contributed by atoms with Crippen molar-refractivity contribution in [1.82, 2.24) is 4.90 Å². The highest BCUT2D eigenvalue weighted by molar-refractivity contribution is 5.97. The molecule has 8 nitrogen and oxygen atoms in total. The van der Waals surface area contributed by atoms with Crippen LogP contribution in [-0.2, 0) is 27.2 Å². The lowest BCUT2D eigenvalue weighted by Gasteiger charge is -2.19. The maximum absolute atomic E-state index is 12.5. The standard InChI is InChI=1S/C27H30N2O6/c1-3-29(4-2)27(32)18-8-7-9-19(14-18)28-25(30)16-34-26(31)17-33-20-12-13-24-22(15-20)21-10-5-6-11-23(21)35-24/h7-9,12-15H,3-6,10-11,16-17H2,1-2H3,(H,28,30). The van der Waals surface area contributed by atoms with Crippen LogP contribution in [0.2, 0.25) is 0 Å². The van der Waals surface area contributed by atoms with Gasteiger partial charge in [-0.2, -0.15) is 0 Å². The summed E-state index contributed by atoms with van der Waals surface area (Å²) >= 11 is 0. The number of aryl methyl sites for hydroxylation is 2. The van der Waals surface area contributed by atoms with Gasteiger partial charge in [0.05, 0.1) is 0 Å². The van der Waals surface area contributed by atoms with Gasteiger partial charge in [0.15, 0.2) is 13.2 Å². The third-order valence-corrected chi connectivity index (χ3v) is 6.09. The highest BCUT2D eigenvalue weighted by Crippen LogP contribution is 2.33. The average molecular weight is 479 g/mol. The largest absolute Gasteiger partial charge is 0.482 e. The Morgan fingerprint density at radius 2 is 1.80 bits per heavy atom. The first-order valence-corrected chi connectivity index (χ1v) is 12.0. The van der Waals surface area contributed by atoms with Crippen LogP contribution >= 0.6 is 0 Å². The molecule has 0 saturated carbocycles. The van der Waals surface area contributed by atoms with E-state index >= 15 is 0 Å². The van der Waals surface area contributed by atoms with E-state index in [-0.39, 0.29) is 12.5 Å². The predicted molar refractivity (Wildman–Crippen MR) is 132 cm³/mol. The van der Waals surface area contributed by atoms with Crippen molar-refractivity contribution in [3.8, 4) is 5.75 Å². The Labute approximate surface area is 204 Å². The molecule has 184 valence electrons. The van der Waals surface area contributed by atoms with E-state index in [2.05, 4.69) is 5.32 Å². The van der Waals surface area contributed by atoms with Gasteiger partial charge in [0, 0.05) is 41.7 Å². The summed E-state index contributed by atoms with van der Waals surface area (Å²) in [6.07, 6.45) is 4.20. The minimum atomic E-state index is -0.653. The van der Waals surface area contributed by atoms with Crippen LogP contribution in [0.15, 0.2) is 46.9 Å². The summed E-state index contributed by atoms with van der Waals surface area (Å²) < 4.78 is 16.5. The molecule has 3 aromatic rings. The van der Waals surface area contributed by atoms with Crippen LogP contribution < -0.4 is 10.1 Å². The van der Waals surface area contributed by atoms with Gasteiger partial charge in [-0.15, -0.1) is 0 Å². The molecule has 1 aromatic heterocycles. The molecule has 0 unspecified atom stereocenters. The molecular formula is C27H30N2O6. The maximum Gasteiger partial charge on any atom is 0.344 e. The summed E-state index contributed by atoms with van der Waals surface area (Å²) in [4.78, 5) is 38.5. The molecule has 2 amide bonds. The fraction of sp³-hybridized carbons (Fsp3) is 0.370. The van der Waals surface area contributed by atoms with Crippen molar-refractivity contribution in [2.75, 3.05) is 31.6 Å². The molecule has 4 rings (SSSR count). The molecule has 0 atom stereocenters. The Kier molecular flexibility index (Phi) is 7.70. The number of benzene rings is 2. The summed E-state index contributed by atoms with van der Waals surface area (Å²) in [5.41, 5.74) is 2.98. The zero-order valence-corrected chi connectivity index (χ0v) is 20.1. The Balaban J connectivity index is 1.26. The van der Waals surface area contributed by atoms with Gasteiger partial charge < -0.3 is 24.1 Å². The molecule has 35 heavy (non-hydrogen) atoms. The number of nitrogens with zero attached hydrogens (tertiary/aromatic N) is 1. The average Bonchev–Trinajstić information content (AvgIpc) is 3.25. The van der Waals surface area contributed by atoms with E-state index in [0.717, 1.165) is 42.4 Å². The summed E-state index contributed by atoms with van der Waals surface area (Å²) in [6.45, 7) is 4.25. The molecule has 1 aliphatic carbocycles. The second-order valence-electron chi connectivity index (χ2n) is 8.42. The van der Waals surface area contributed by atoms with Gasteiger partial charge >= 0.3 is 5.97 Å². The Bertz CT molecular complexity index is 1230. The number of ether oxygens (including phenoxy) is 2. The van der Waals surface area contributed by atoms with Crippen molar-refractivity contribution >= 4 is 34.4 Å². The first-order valence-electron chi connectivity index (χ1n) is 12.0. The summed E-state index contributed by atoms with van der Waals surface area (Å²) in [5, 5.41) is 3.67. The van der Waals surface area contributed by atoms with Crippen molar-refractivity contribution in [3.05, 3.63) is 59.4 Å². The first kappa shape index (κ1) is 24.3. The van der Waals surface area contributed by atoms with Crippen molar-refractivity contribution in [1.29, 1.82) is 0 Å². The topological polar surface area (TPSA) is 98.1 Å². The fourth-order valence-electron chi connectivity index (χ4n) is 4.28. The van der Waals surface area contributed by atoms with Gasteiger partial charge in [0.1, 0.15) is 17.1 Å². The number of fused-ring (bicyclic) bond motifs is 3. The van der Waals surface area contributed by atoms with Crippen molar-refractivity contribution in [2.45, 2.75) is 39.5 Å². The molecule has 0 fully saturated rings. The number of esters is 1. The number of carbonyl (C=O) groups is 3. The van der Waals surface area contributed by atoms with Gasteiger partial charge in [-0.1, -0.05) is 6.07 Å². The van der Waals surface area contributed by atoms with E-state index in [1.165, 1.54) is 5.56 Å². The van der Waals surface area contributed by atoms with E-state index in [1.54, 1.807) is 35.2 Å². The van der Waals surface area contributed by atoms with Crippen LogP contribution in [0, 0.1) is 0 Å². The van der Waals surface area contributed by atoms with Crippen molar-refractivity contribution in [3.63, 3.8) is 0 Å². The SMILES string of the molecule is CCN(CC)C(=O)c1cccc(NC(=O)COC(=O)COc2ccc3oc4c(c3c2)CCCC4)c1. The number of amides is 2. The van der Waals surface area contributed by atoms with E-state index in [1.807, 2.05) is 26.0 Å². The summed E-state index contributed by atoms with van der Waals surface area (Å²) in [6, 6.07) is 12.2. The molecule has 0 aliphatic heterocycles. The minimum Gasteiger partial charge on any atom is -0.482 e. The number of nitrogens with one attached hydrogen (secondary N) is 1. The molecule has 1 aliphatic rings. The lowest BCUT2D eigenvalue weighted by molar-refractivity contribution is -0.149. The minimum absolute atomic E-state index is 0.108. The van der Waals surface area contributed by atoms with Gasteiger partial charge in [-0.25, -0.2) is 4.79 Å². The van der Waals surface area contributed by atoms with Gasteiger partial charge in [-0.3, -0.25) is 9.59 Å². The lowest BCUT2D eigenvalue weighted by atomic mass is 9.96. The smallest absolute Gasteiger partial charge is 0.344 e. The van der Waals surface area contributed by atoms with Crippen molar-refractivity contribution in [2.24, 2.45) is 0 Å². The molecule has 0 radical (unpaired) electrons. The molecular weight excluding hydrogens is 448 g/mol. The molecule has 8 heteroatoms. The summed E-state index contributed by atoms with van der Waals surface area (Å²) in [7, 11) is 0. The van der Waals surface area contributed by atoms with E-state index in [4.69, 9.17) is 13.9 Å². The highest BCUT2D eigenvalue weighted by atomic mass is 16.6. The Morgan fingerprint density at radius 3 is 2.60 bits per heavy atom. The molecule has 1 N–H and O–H groups in total. The quantitative estimate of drug-likeness (QED) is 0.459. The number of rotatable bonds is 9. The first-order chi connectivity index (χ1) is 17.0. The zero-order chi connectivity index (χ0) is 24.8. The monoisotopic (exact) mass is 478 g/mol. The molecule has 0 saturated heterocycles. The number of furan rings is 1. The van der Waals surface area contributed by atoms with Crippen molar-refractivity contribution < 1.29 is 28.3 Å². The normalized spacial score (nSPS) is 12.6. The van der Waals surface area contributed by atoms with Crippen LogP contribution in [0.4, 0.5) is 5.69 Å². The van der Waals surface area contributed by atoms with Crippen LogP contribution in [0.5, 0.6) is 5.75 Å².